The predicted octanol–water partition coefficient (Wildman–Crippen LogP) is -1.49. The van der Waals surface area contributed by atoms with Crippen molar-refractivity contribution >= 4 is 18.0 Å². The molecule has 104 valence electrons. The molecule has 0 aliphatic heterocycles. The van der Waals surface area contributed by atoms with Crippen LogP contribution >= 0.6 is 0 Å². The van der Waals surface area contributed by atoms with E-state index < -0.39 is 30.4 Å². The monoisotopic (exact) mass is 271 g/mol. The van der Waals surface area contributed by atoms with Crippen LogP contribution < -0.4 is 10.6 Å². The van der Waals surface area contributed by atoms with Crippen molar-refractivity contribution in [2.45, 2.75) is 19.0 Å². The topological polar surface area (TPSA) is 146 Å². The molecule has 0 aliphatic carbocycles. The Labute approximate surface area is 107 Å². The highest BCUT2D eigenvalue weighted by molar-refractivity contribution is 5.86. The first-order valence-corrected chi connectivity index (χ1v) is 5.32. The number of urea groups is 1. The summed E-state index contributed by atoms with van der Waals surface area (Å²) in [6.45, 7) is 0.568. The van der Waals surface area contributed by atoms with Crippen LogP contribution in [0.1, 0.15) is 6.42 Å². The molecule has 1 aromatic rings. The third-order valence-electron chi connectivity index (χ3n) is 2.08. The summed E-state index contributed by atoms with van der Waals surface area (Å²) >= 11 is 0. The Bertz CT molecular complexity index is 446. The summed E-state index contributed by atoms with van der Waals surface area (Å²) in [5.41, 5.74) is 0. The number of nitrogens with one attached hydrogen (secondary N) is 2. The minimum absolute atomic E-state index is 0.203. The van der Waals surface area contributed by atoms with Crippen molar-refractivity contribution < 1.29 is 24.6 Å². The van der Waals surface area contributed by atoms with Gasteiger partial charge in [-0.25, -0.2) is 9.59 Å². The van der Waals surface area contributed by atoms with Crippen molar-refractivity contribution in [3.8, 4) is 0 Å². The largest absolute Gasteiger partial charge is 0.481 e. The summed E-state index contributed by atoms with van der Waals surface area (Å²) in [5.74, 6) is -2.72. The second-order valence-electron chi connectivity index (χ2n) is 3.56. The van der Waals surface area contributed by atoms with E-state index in [1.165, 1.54) is 10.9 Å². The van der Waals surface area contributed by atoms with Crippen LogP contribution in [-0.4, -0.2) is 55.8 Å². The van der Waals surface area contributed by atoms with E-state index in [0.29, 0.717) is 6.54 Å². The van der Waals surface area contributed by atoms with Crippen LogP contribution in [0.5, 0.6) is 0 Å². The van der Waals surface area contributed by atoms with Gasteiger partial charge in [0.25, 0.3) is 0 Å². The lowest BCUT2D eigenvalue weighted by molar-refractivity contribution is -0.145. The minimum Gasteiger partial charge on any atom is -0.481 e. The average Bonchev–Trinajstić information content (AvgIpc) is 2.80. The first-order valence-electron chi connectivity index (χ1n) is 5.32. The van der Waals surface area contributed by atoms with E-state index in [1.54, 1.807) is 6.20 Å². The number of carboxylic acids is 2. The van der Waals surface area contributed by atoms with Crippen LogP contribution in [0, 0.1) is 0 Å². The Balaban J connectivity index is 2.32. The maximum absolute atomic E-state index is 11.3. The van der Waals surface area contributed by atoms with Crippen molar-refractivity contribution in [3.63, 3.8) is 0 Å². The number of rotatable bonds is 7. The van der Waals surface area contributed by atoms with Gasteiger partial charge in [0.05, 0.1) is 19.2 Å². The highest BCUT2D eigenvalue weighted by atomic mass is 16.4. The van der Waals surface area contributed by atoms with Gasteiger partial charge in [-0.1, -0.05) is 5.21 Å². The molecule has 0 aromatic carbocycles. The van der Waals surface area contributed by atoms with Gasteiger partial charge in [0.2, 0.25) is 0 Å². The fourth-order valence-corrected chi connectivity index (χ4v) is 1.22. The number of hydrogen-bond donors (Lipinski definition) is 4. The fraction of sp³-hybridized carbons (Fsp3) is 0.444. The molecule has 10 nitrogen and oxygen atoms in total. The Morgan fingerprint density at radius 3 is 2.58 bits per heavy atom. The van der Waals surface area contributed by atoms with Gasteiger partial charge in [-0.3, -0.25) is 9.48 Å². The van der Waals surface area contributed by atoms with Crippen LogP contribution in [0.4, 0.5) is 4.79 Å². The minimum atomic E-state index is -1.47. The van der Waals surface area contributed by atoms with Crippen molar-refractivity contribution in [1.29, 1.82) is 0 Å². The van der Waals surface area contributed by atoms with E-state index in [9.17, 15) is 14.4 Å². The maximum Gasteiger partial charge on any atom is 0.326 e. The molecule has 1 rings (SSSR count). The van der Waals surface area contributed by atoms with Gasteiger partial charge in [0.15, 0.2) is 0 Å². The van der Waals surface area contributed by atoms with E-state index in [0.717, 1.165) is 0 Å². The summed E-state index contributed by atoms with van der Waals surface area (Å²) in [4.78, 5) is 32.5. The molecule has 1 atom stereocenters. The van der Waals surface area contributed by atoms with Crippen molar-refractivity contribution in [2.24, 2.45) is 0 Å². The molecule has 1 heterocycles. The summed E-state index contributed by atoms with van der Waals surface area (Å²) in [5, 5.41) is 28.9. The fourth-order valence-electron chi connectivity index (χ4n) is 1.22. The summed E-state index contributed by atoms with van der Waals surface area (Å²) in [6, 6.07) is -2.22. The first-order chi connectivity index (χ1) is 8.99. The number of aromatic nitrogens is 3. The SMILES string of the molecule is O=C(O)C[C@H](NC(=O)NCCn1ccnn1)C(=O)O. The molecule has 0 unspecified atom stereocenters. The number of amides is 2. The number of carboxylic acid groups (broad SMARTS) is 2. The van der Waals surface area contributed by atoms with Crippen LogP contribution in [-0.2, 0) is 16.1 Å². The average molecular weight is 271 g/mol. The molecule has 19 heavy (non-hydrogen) atoms. The predicted molar refractivity (Wildman–Crippen MR) is 60.2 cm³/mol. The molecule has 0 saturated carbocycles. The smallest absolute Gasteiger partial charge is 0.326 e. The van der Waals surface area contributed by atoms with Gasteiger partial charge in [-0.05, 0) is 0 Å². The maximum atomic E-state index is 11.3. The van der Waals surface area contributed by atoms with Crippen molar-refractivity contribution in [1.82, 2.24) is 25.6 Å². The first kappa shape index (κ1) is 14.4. The Morgan fingerprint density at radius 1 is 1.32 bits per heavy atom. The van der Waals surface area contributed by atoms with E-state index >= 15 is 0 Å². The Morgan fingerprint density at radius 2 is 2.05 bits per heavy atom. The number of hydrogen-bond acceptors (Lipinski definition) is 5. The number of nitrogens with zero attached hydrogens (tertiary/aromatic N) is 3. The molecule has 0 fully saturated rings. The molecule has 10 heteroatoms. The molecule has 2 amide bonds. The van der Waals surface area contributed by atoms with Crippen LogP contribution in [0.2, 0.25) is 0 Å². The third-order valence-corrected chi connectivity index (χ3v) is 2.08. The standard InChI is InChI=1S/C9H13N5O5/c15-7(16)5-6(8(17)18)12-9(19)10-1-3-14-4-2-11-13-14/h2,4,6H,1,3,5H2,(H,15,16)(H,17,18)(H2,10,12,19)/t6-/m0/s1. The molecule has 0 radical (unpaired) electrons. The van der Waals surface area contributed by atoms with Gasteiger partial charge < -0.3 is 20.8 Å². The summed E-state index contributed by atoms with van der Waals surface area (Å²) in [7, 11) is 0. The number of carbonyl (C=O) groups excluding carboxylic acids is 1. The second kappa shape index (κ2) is 6.93. The summed E-state index contributed by atoms with van der Waals surface area (Å²) < 4.78 is 1.48. The highest BCUT2D eigenvalue weighted by Gasteiger charge is 2.22. The zero-order valence-corrected chi connectivity index (χ0v) is 9.81. The van der Waals surface area contributed by atoms with Crippen LogP contribution in [0.25, 0.3) is 0 Å². The lowest BCUT2D eigenvalue weighted by atomic mass is 10.2. The number of carbonyl (C=O) groups is 3. The Kier molecular flexibility index (Phi) is 5.26. The molecule has 0 aliphatic rings. The number of aliphatic carboxylic acids is 2. The van der Waals surface area contributed by atoms with E-state index in [-0.39, 0.29) is 6.54 Å². The second-order valence-corrected chi connectivity index (χ2v) is 3.56. The summed E-state index contributed by atoms with van der Waals surface area (Å²) in [6.07, 6.45) is 2.39. The molecule has 0 spiro atoms. The lowest BCUT2D eigenvalue weighted by Gasteiger charge is -2.13. The van der Waals surface area contributed by atoms with E-state index in [1.807, 2.05) is 0 Å². The van der Waals surface area contributed by atoms with Gasteiger partial charge in [-0.15, -0.1) is 5.10 Å². The molecule has 1 aromatic heterocycles. The lowest BCUT2D eigenvalue weighted by Crippen LogP contribution is -2.47. The van der Waals surface area contributed by atoms with Crippen LogP contribution in [0.3, 0.4) is 0 Å². The van der Waals surface area contributed by atoms with Gasteiger partial charge in [0.1, 0.15) is 6.04 Å². The molecular formula is C9H13N5O5. The van der Waals surface area contributed by atoms with Gasteiger partial charge in [0, 0.05) is 12.7 Å². The molecule has 0 saturated heterocycles. The van der Waals surface area contributed by atoms with Crippen LogP contribution in [0.15, 0.2) is 12.4 Å². The van der Waals surface area contributed by atoms with Crippen molar-refractivity contribution in [2.75, 3.05) is 6.54 Å². The van der Waals surface area contributed by atoms with E-state index in [4.69, 9.17) is 10.2 Å². The quantitative estimate of drug-likeness (QED) is 0.472. The zero-order chi connectivity index (χ0) is 14.3. The van der Waals surface area contributed by atoms with Gasteiger partial charge in [-0.2, -0.15) is 0 Å². The zero-order valence-electron chi connectivity index (χ0n) is 9.81. The normalized spacial score (nSPS) is 11.6. The van der Waals surface area contributed by atoms with Gasteiger partial charge >= 0.3 is 18.0 Å². The Hall–Kier alpha value is -2.65. The van der Waals surface area contributed by atoms with Crippen molar-refractivity contribution in [3.05, 3.63) is 12.4 Å². The molecule has 0 bridgehead atoms. The third kappa shape index (κ3) is 5.48. The highest BCUT2D eigenvalue weighted by Crippen LogP contribution is 1.92. The molecule has 4 N–H and O–H groups in total. The molecular weight excluding hydrogens is 258 g/mol. The van der Waals surface area contributed by atoms with E-state index in [2.05, 4.69) is 20.9 Å².